The summed E-state index contributed by atoms with van der Waals surface area (Å²) in [5.41, 5.74) is -5.52. The van der Waals surface area contributed by atoms with Gasteiger partial charge in [0.2, 0.25) is 0 Å². The molecule has 1 saturated heterocycles. The number of carbonyl (C=O) groups is 2. The number of aliphatic hydroxyl groups excluding tert-OH is 1. The van der Waals surface area contributed by atoms with E-state index in [4.69, 9.17) is 9.47 Å². The van der Waals surface area contributed by atoms with Crippen molar-refractivity contribution in [3.05, 3.63) is 23.8 Å². The largest absolute Gasteiger partial charge is 1.00 e. The zero-order chi connectivity index (χ0) is 25.8. The van der Waals surface area contributed by atoms with E-state index < -0.39 is 72.1 Å². The zero-order valence-corrected chi connectivity index (χ0v) is 29.3. The third-order valence-electron chi connectivity index (χ3n) is 9.40. The number of ether oxygens (including phenoxy) is 2. The average molecular weight is 591 g/mol. The monoisotopic (exact) mass is 590 g/mol. The van der Waals surface area contributed by atoms with Gasteiger partial charge >= 0.3 is 103 Å². The van der Waals surface area contributed by atoms with Gasteiger partial charge in [0.15, 0.2) is 28.6 Å². The van der Waals surface area contributed by atoms with Gasteiger partial charge in [0, 0.05) is 16.7 Å². The Kier molecular flexibility index (Phi) is 9.62. The van der Waals surface area contributed by atoms with E-state index >= 15 is 4.39 Å². The Bertz CT molecular complexity index is 1110. The summed E-state index contributed by atoms with van der Waals surface area (Å²) in [6.07, 6.45) is 2.86. The van der Waals surface area contributed by atoms with Crippen LogP contribution in [0.2, 0.25) is 0 Å². The minimum atomic E-state index is -5.44. The molecule has 0 amide bonds. The number of hydrogen-bond donors (Lipinski definition) is 1. The molecular weight excluding hydrogens is 560 g/mol. The molecule has 13 heteroatoms. The van der Waals surface area contributed by atoms with Gasteiger partial charge in [-0.1, -0.05) is 18.6 Å². The number of phosphoric acid groups is 1. The van der Waals surface area contributed by atoms with Crippen LogP contribution in [-0.2, 0) is 28.2 Å². The molecule has 4 aliphatic carbocycles. The van der Waals surface area contributed by atoms with E-state index in [2.05, 4.69) is 4.52 Å². The molecule has 8 atom stereocenters. The number of rotatable bonds is 4. The minimum absolute atomic E-state index is 0. The number of aliphatic hydroxyl groups is 1. The van der Waals surface area contributed by atoms with Crippen molar-refractivity contribution < 1.29 is 150 Å². The maximum atomic E-state index is 17.3. The van der Waals surface area contributed by atoms with E-state index in [1.54, 1.807) is 33.8 Å². The van der Waals surface area contributed by atoms with Crippen molar-refractivity contribution in [3.8, 4) is 0 Å². The average Bonchev–Trinajstić information content (AvgIpc) is 3.14. The summed E-state index contributed by atoms with van der Waals surface area (Å²) in [7, 11) is -5.44. The maximum absolute atomic E-state index is 17.3. The number of carbonyl (C=O) groups excluding carboxylic acids is 2. The number of alkyl halides is 1. The summed E-state index contributed by atoms with van der Waals surface area (Å²) in [5.74, 6) is -3.35. The molecule has 194 valence electrons. The fourth-order valence-corrected chi connectivity index (χ4v) is 8.33. The van der Waals surface area contributed by atoms with Gasteiger partial charge in [0.05, 0.1) is 20.0 Å². The Balaban J connectivity index is 0.00000190. The second kappa shape index (κ2) is 10.6. The van der Waals surface area contributed by atoms with E-state index in [1.807, 2.05) is 0 Å². The van der Waals surface area contributed by atoms with Gasteiger partial charge < -0.3 is 33.5 Å². The van der Waals surface area contributed by atoms with Crippen molar-refractivity contribution in [3.63, 3.8) is 0 Å². The van der Waals surface area contributed by atoms with Gasteiger partial charge in [0.1, 0.15) is 6.61 Å². The molecule has 0 aromatic carbocycles. The standard InChI is InChI=1S/C24H32FO9P.2K/c1-20(2)33-19-10-16-15-6-5-13-9-14(26)7-8-21(13,3)23(15,25)17(27)11-22(16,4)24(19,34-20)18(28)12-32-35(29,30)31;;/h7-9,15-17,19,27H,5-6,10-12H2,1-4H3,(H2,29,30,31);;/q;2*+1/p-2/t15-,16-,17-,19+,21-,22-,23-,24+;;/m0../s1. The molecule has 4 fully saturated rings. The molecule has 37 heavy (non-hydrogen) atoms. The van der Waals surface area contributed by atoms with Crippen LogP contribution in [0.1, 0.15) is 53.4 Å². The van der Waals surface area contributed by atoms with Crippen molar-refractivity contribution in [2.75, 3.05) is 6.61 Å². The quantitative estimate of drug-likeness (QED) is 0.252. The van der Waals surface area contributed by atoms with Crippen LogP contribution in [0.25, 0.3) is 0 Å². The summed E-state index contributed by atoms with van der Waals surface area (Å²) >= 11 is 0. The van der Waals surface area contributed by atoms with E-state index in [0.29, 0.717) is 18.4 Å². The third kappa shape index (κ3) is 4.83. The predicted octanol–water partition coefficient (Wildman–Crippen LogP) is -4.72. The van der Waals surface area contributed by atoms with Crippen LogP contribution in [0.15, 0.2) is 23.8 Å². The minimum Gasteiger partial charge on any atom is -0.790 e. The van der Waals surface area contributed by atoms with Crippen LogP contribution in [0, 0.1) is 22.7 Å². The number of phosphoric ester groups is 1. The Labute approximate surface area is 300 Å². The molecule has 1 aliphatic heterocycles. The first-order valence-electron chi connectivity index (χ1n) is 11.9. The number of allylic oxidation sites excluding steroid dienone is 4. The Morgan fingerprint density at radius 2 is 1.89 bits per heavy atom. The summed E-state index contributed by atoms with van der Waals surface area (Å²) in [5, 5.41) is 11.4. The molecule has 0 radical (unpaired) electrons. The van der Waals surface area contributed by atoms with Crippen molar-refractivity contribution in [2.24, 2.45) is 22.7 Å². The molecule has 5 rings (SSSR count). The molecule has 0 unspecified atom stereocenters. The number of Topliss-reactive ketones (excluding diaryl/α,β-unsaturated/α-hetero) is 1. The van der Waals surface area contributed by atoms with Gasteiger partial charge in [0.25, 0.3) is 0 Å². The third-order valence-corrected chi connectivity index (χ3v) is 9.85. The Hall–Kier alpha value is 2.01. The van der Waals surface area contributed by atoms with Crippen molar-refractivity contribution in [1.29, 1.82) is 0 Å². The molecule has 3 saturated carbocycles. The number of ketones is 2. The molecule has 0 aromatic rings. The van der Waals surface area contributed by atoms with Gasteiger partial charge in [-0.2, -0.15) is 0 Å². The second-order valence-corrected chi connectivity index (χ2v) is 12.6. The maximum Gasteiger partial charge on any atom is 1.00 e. The van der Waals surface area contributed by atoms with Crippen LogP contribution in [0.3, 0.4) is 0 Å². The number of halogens is 1. The first-order chi connectivity index (χ1) is 16.0. The molecule has 9 nitrogen and oxygen atoms in total. The normalized spacial score (nSPS) is 45.4. The van der Waals surface area contributed by atoms with Crippen LogP contribution < -0.4 is 113 Å². The Morgan fingerprint density at radius 1 is 1.24 bits per heavy atom. The first kappa shape index (κ1) is 33.5. The summed E-state index contributed by atoms with van der Waals surface area (Å²) < 4.78 is 45.0. The fourth-order valence-electron chi connectivity index (χ4n) is 8.05. The van der Waals surface area contributed by atoms with Crippen LogP contribution >= 0.6 is 7.82 Å². The van der Waals surface area contributed by atoms with Gasteiger partial charge in [-0.15, -0.1) is 0 Å². The van der Waals surface area contributed by atoms with Crippen LogP contribution in [-0.4, -0.2) is 52.5 Å². The molecule has 5 aliphatic rings. The van der Waals surface area contributed by atoms with Gasteiger partial charge in [-0.3, -0.25) is 9.59 Å². The fraction of sp³-hybridized carbons (Fsp3) is 0.750. The van der Waals surface area contributed by atoms with Gasteiger partial charge in [-0.25, -0.2) is 4.39 Å². The van der Waals surface area contributed by atoms with Crippen LogP contribution in [0.4, 0.5) is 4.39 Å². The number of hydrogen-bond acceptors (Lipinski definition) is 9. The molecule has 0 bridgehead atoms. The SMILES string of the molecule is CC1(C)O[C@@H]2C[C@H]3[C@@H]4CCC5=CC(=O)C=C[C@]5(C)[C@@]4(F)[C@@H](O)C[C@]3(C)[C@]2(C(=O)COP(=O)([O-])[O-])O1.[K+].[K+]. The molecule has 1 heterocycles. The topological polar surface area (TPSA) is 145 Å². The molecule has 0 aromatic heterocycles. The van der Waals surface area contributed by atoms with Gasteiger partial charge in [-0.05, 0) is 64.5 Å². The van der Waals surface area contributed by atoms with E-state index in [-0.39, 0.29) is 121 Å². The molecule has 1 N–H and O–H groups in total. The van der Waals surface area contributed by atoms with E-state index in [0.717, 1.165) is 0 Å². The van der Waals surface area contributed by atoms with Crippen molar-refractivity contribution in [2.45, 2.75) is 82.6 Å². The van der Waals surface area contributed by atoms with Crippen LogP contribution in [0.5, 0.6) is 0 Å². The molecule has 0 spiro atoms. The summed E-state index contributed by atoms with van der Waals surface area (Å²) in [6.45, 7) is 5.64. The number of fused-ring (bicyclic) bond motifs is 7. The summed E-state index contributed by atoms with van der Waals surface area (Å²) in [4.78, 5) is 47.8. The summed E-state index contributed by atoms with van der Waals surface area (Å²) in [6, 6.07) is 0. The van der Waals surface area contributed by atoms with Crippen molar-refractivity contribution >= 4 is 19.4 Å². The van der Waals surface area contributed by atoms with Crippen molar-refractivity contribution in [1.82, 2.24) is 0 Å². The zero-order valence-electron chi connectivity index (χ0n) is 22.1. The van der Waals surface area contributed by atoms with E-state index in [9.17, 15) is 29.0 Å². The predicted molar refractivity (Wildman–Crippen MR) is 115 cm³/mol. The first-order valence-corrected chi connectivity index (χ1v) is 13.4. The second-order valence-electron chi connectivity index (χ2n) is 11.5. The van der Waals surface area contributed by atoms with E-state index in [1.165, 1.54) is 12.2 Å². The Morgan fingerprint density at radius 3 is 2.51 bits per heavy atom. The molecular formula is C24H30FK2O9P. The smallest absolute Gasteiger partial charge is 0.790 e.